The molecule has 2 unspecified atom stereocenters. The average molecular weight is 465 g/mol. The third kappa shape index (κ3) is 4.06. The van der Waals surface area contributed by atoms with Crippen LogP contribution in [0.2, 0.25) is 5.02 Å². The third-order valence-corrected chi connectivity index (χ3v) is 5.63. The molecule has 1 saturated carbocycles. The second-order valence-electron chi connectivity index (χ2n) is 7.58. The zero-order valence-corrected chi connectivity index (χ0v) is 17.6. The van der Waals surface area contributed by atoms with Gasteiger partial charge in [0.1, 0.15) is 11.6 Å². The molecule has 2 heterocycles. The molecule has 0 spiro atoms. The molecule has 1 aliphatic rings. The summed E-state index contributed by atoms with van der Waals surface area (Å²) in [5.41, 5.74) is -1.57. The number of aliphatic hydroxyl groups excluding tert-OH is 1. The number of aliphatic hydroxyl groups is 2. The molecule has 3 N–H and O–H groups in total. The first-order valence-electron chi connectivity index (χ1n) is 9.76. The second kappa shape index (κ2) is 8.49. The Morgan fingerprint density at radius 3 is 2.75 bits per heavy atom. The van der Waals surface area contributed by atoms with Crippen LogP contribution in [0, 0.1) is 11.6 Å². The minimum Gasteiger partial charge on any atom is -0.390 e. The number of aryl methyl sites for hydroxylation is 1. The molecule has 1 amide bonds. The molecule has 9 nitrogen and oxygen atoms in total. The van der Waals surface area contributed by atoms with Crippen molar-refractivity contribution in [2.75, 3.05) is 0 Å². The number of tetrazole rings is 1. The number of rotatable bonds is 5. The molecule has 4 rings (SSSR count). The summed E-state index contributed by atoms with van der Waals surface area (Å²) in [6.07, 6.45) is 1.06. The Hall–Kier alpha value is -3.02. The number of nitrogens with zero attached hydrogens (tertiary/aromatic N) is 5. The molecular weight excluding hydrogens is 446 g/mol. The number of aromatic nitrogens is 5. The first-order chi connectivity index (χ1) is 15.2. The van der Waals surface area contributed by atoms with Crippen molar-refractivity contribution in [1.82, 2.24) is 30.5 Å². The van der Waals surface area contributed by atoms with Crippen LogP contribution in [0.15, 0.2) is 24.4 Å². The van der Waals surface area contributed by atoms with E-state index in [0.29, 0.717) is 12.8 Å². The van der Waals surface area contributed by atoms with Crippen LogP contribution >= 0.6 is 11.6 Å². The van der Waals surface area contributed by atoms with E-state index in [0.717, 1.165) is 16.9 Å². The number of nitrogens with one attached hydrogen (secondary N) is 1. The van der Waals surface area contributed by atoms with Crippen LogP contribution in [0.25, 0.3) is 22.5 Å². The molecule has 32 heavy (non-hydrogen) atoms. The van der Waals surface area contributed by atoms with Gasteiger partial charge in [-0.3, -0.25) is 9.78 Å². The molecule has 0 saturated heterocycles. The summed E-state index contributed by atoms with van der Waals surface area (Å²) in [5, 5.41) is 34.2. The SMILES string of the molecule is Cn1nnc(-c2c(F)cc(Cl)cc2-c2cnc(CNC(=O)C3(O)CCCC3O)c(F)c2)n1. The lowest BCUT2D eigenvalue weighted by molar-refractivity contribution is -0.149. The highest BCUT2D eigenvalue weighted by Gasteiger charge is 2.46. The van der Waals surface area contributed by atoms with E-state index in [1.54, 1.807) is 0 Å². The topological polar surface area (TPSA) is 126 Å². The zero-order chi connectivity index (χ0) is 23.0. The van der Waals surface area contributed by atoms with Gasteiger partial charge in [0.05, 0.1) is 31.0 Å². The van der Waals surface area contributed by atoms with E-state index in [2.05, 4.69) is 25.7 Å². The quantitative estimate of drug-likeness (QED) is 0.525. The minimum atomic E-state index is -1.90. The van der Waals surface area contributed by atoms with Gasteiger partial charge in [-0.05, 0) is 48.2 Å². The summed E-state index contributed by atoms with van der Waals surface area (Å²) < 4.78 is 29.5. The maximum absolute atomic E-state index is 14.8. The smallest absolute Gasteiger partial charge is 0.255 e. The monoisotopic (exact) mass is 464 g/mol. The first-order valence-corrected chi connectivity index (χ1v) is 10.1. The minimum absolute atomic E-state index is 0.00298. The number of hydrogen-bond donors (Lipinski definition) is 3. The Morgan fingerprint density at radius 2 is 2.12 bits per heavy atom. The van der Waals surface area contributed by atoms with Crippen LogP contribution in [-0.4, -0.2) is 53.0 Å². The lowest BCUT2D eigenvalue weighted by Gasteiger charge is -2.25. The summed E-state index contributed by atoms with van der Waals surface area (Å²) in [5.74, 6) is -2.27. The molecule has 0 bridgehead atoms. The van der Waals surface area contributed by atoms with Gasteiger partial charge in [0.2, 0.25) is 5.82 Å². The molecular formula is C20H19ClF2N6O3. The first kappa shape index (κ1) is 22.2. The zero-order valence-electron chi connectivity index (χ0n) is 16.9. The standard InChI is InChI=1S/C20H19ClF2N6O3/c1-29-27-18(26-28-29)17-12(6-11(21)7-14(17)23)10-5-13(22)15(24-8-10)9-25-19(31)20(32)4-2-3-16(20)30/h5-8,16,30,32H,2-4,9H2,1H3,(H,25,31). The number of carbonyl (C=O) groups excluding carboxylic acids is 1. The van der Waals surface area contributed by atoms with Gasteiger partial charge in [-0.1, -0.05) is 11.6 Å². The summed E-state index contributed by atoms with van der Waals surface area (Å²) in [4.78, 5) is 17.5. The molecule has 1 aliphatic carbocycles. The van der Waals surface area contributed by atoms with Gasteiger partial charge in [0.15, 0.2) is 5.60 Å². The fourth-order valence-electron chi connectivity index (χ4n) is 3.71. The van der Waals surface area contributed by atoms with Crippen molar-refractivity contribution < 1.29 is 23.8 Å². The van der Waals surface area contributed by atoms with Crippen LogP contribution in [-0.2, 0) is 18.4 Å². The molecule has 2 aromatic heterocycles. The summed E-state index contributed by atoms with van der Waals surface area (Å²) in [6.45, 7) is -0.303. The molecule has 1 fully saturated rings. The highest BCUT2D eigenvalue weighted by atomic mass is 35.5. The summed E-state index contributed by atoms with van der Waals surface area (Å²) in [7, 11) is 1.52. The van der Waals surface area contributed by atoms with Crippen molar-refractivity contribution in [1.29, 1.82) is 0 Å². The highest BCUT2D eigenvalue weighted by Crippen LogP contribution is 2.35. The van der Waals surface area contributed by atoms with Crippen LogP contribution < -0.4 is 5.32 Å². The van der Waals surface area contributed by atoms with E-state index in [9.17, 15) is 23.8 Å². The van der Waals surface area contributed by atoms with Gasteiger partial charge >= 0.3 is 0 Å². The number of hydrogen-bond acceptors (Lipinski definition) is 7. The Kier molecular flexibility index (Phi) is 5.89. The van der Waals surface area contributed by atoms with E-state index in [4.69, 9.17) is 11.6 Å². The Labute approximate surface area is 186 Å². The van der Waals surface area contributed by atoms with E-state index in [1.807, 2.05) is 0 Å². The van der Waals surface area contributed by atoms with Gasteiger partial charge in [0, 0.05) is 16.8 Å². The Bertz CT molecular complexity index is 1190. The number of pyridine rings is 1. The largest absolute Gasteiger partial charge is 0.390 e. The van der Waals surface area contributed by atoms with E-state index in [-0.39, 0.29) is 46.2 Å². The Morgan fingerprint density at radius 1 is 1.34 bits per heavy atom. The van der Waals surface area contributed by atoms with Crippen molar-refractivity contribution in [3.05, 3.63) is 46.7 Å². The van der Waals surface area contributed by atoms with Crippen molar-refractivity contribution >= 4 is 17.5 Å². The number of halogens is 3. The normalized spacial score (nSPS) is 20.5. The maximum atomic E-state index is 14.8. The van der Waals surface area contributed by atoms with Crippen molar-refractivity contribution in [2.24, 2.45) is 7.05 Å². The van der Waals surface area contributed by atoms with E-state index >= 15 is 0 Å². The molecule has 168 valence electrons. The molecule has 3 aromatic rings. The average Bonchev–Trinajstić information content (AvgIpc) is 3.32. The maximum Gasteiger partial charge on any atom is 0.255 e. The summed E-state index contributed by atoms with van der Waals surface area (Å²) >= 11 is 6.00. The molecule has 12 heteroatoms. The molecule has 1 aromatic carbocycles. The fourth-order valence-corrected chi connectivity index (χ4v) is 3.91. The highest BCUT2D eigenvalue weighted by molar-refractivity contribution is 6.31. The predicted octanol–water partition coefficient (Wildman–Crippen LogP) is 1.76. The van der Waals surface area contributed by atoms with Crippen molar-refractivity contribution in [3.63, 3.8) is 0 Å². The second-order valence-corrected chi connectivity index (χ2v) is 8.02. The lowest BCUT2D eigenvalue weighted by atomic mass is 9.98. The Balaban J connectivity index is 1.61. The predicted molar refractivity (Wildman–Crippen MR) is 109 cm³/mol. The fraction of sp³-hybridized carbons (Fsp3) is 0.350. The third-order valence-electron chi connectivity index (χ3n) is 5.41. The van der Waals surface area contributed by atoms with E-state index in [1.165, 1.54) is 19.3 Å². The van der Waals surface area contributed by atoms with Crippen molar-refractivity contribution in [3.8, 4) is 22.5 Å². The molecule has 2 atom stereocenters. The van der Waals surface area contributed by atoms with Gasteiger partial charge in [-0.25, -0.2) is 8.78 Å². The van der Waals surface area contributed by atoms with Crippen LogP contribution in [0.3, 0.4) is 0 Å². The molecule has 0 radical (unpaired) electrons. The van der Waals surface area contributed by atoms with Crippen LogP contribution in [0.4, 0.5) is 8.78 Å². The molecule has 0 aliphatic heterocycles. The number of carbonyl (C=O) groups is 1. The van der Waals surface area contributed by atoms with Crippen LogP contribution in [0.1, 0.15) is 25.0 Å². The van der Waals surface area contributed by atoms with Gasteiger partial charge < -0.3 is 15.5 Å². The van der Waals surface area contributed by atoms with E-state index < -0.39 is 29.2 Å². The summed E-state index contributed by atoms with van der Waals surface area (Å²) in [6, 6.07) is 3.65. The number of amides is 1. The number of benzene rings is 1. The van der Waals surface area contributed by atoms with Gasteiger partial charge in [0.25, 0.3) is 5.91 Å². The van der Waals surface area contributed by atoms with Gasteiger partial charge in [-0.2, -0.15) is 4.80 Å². The van der Waals surface area contributed by atoms with Crippen LogP contribution in [0.5, 0.6) is 0 Å². The van der Waals surface area contributed by atoms with Crippen molar-refractivity contribution in [2.45, 2.75) is 37.5 Å². The van der Waals surface area contributed by atoms with Gasteiger partial charge in [-0.15, -0.1) is 10.2 Å². The lowest BCUT2D eigenvalue weighted by Crippen LogP contribution is -2.51.